The van der Waals surface area contributed by atoms with E-state index >= 15 is 0 Å². The molecule has 0 heterocycles. The van der Waals surface area contributed by atoms with Crippen LogP contribution in [0.25, 0.3) is 0 Å². The van der Waals surface area contributed by atoms with Crippen molar-refractivity contribution < 1.29 is 18.6 Å². The van der Waals surface area contributed by atoms with Crippen molar-refractivity contribution >= 4 is 0 Å². The Morgan fingerprint density at radius 2 is 1.88 bits per heavy atom. The van der Waals surface area contributed by atoms with E-state index in [0.717, 1.165) is 12.0 Å². The lowest BCUT2D eigenvalue weighted by atomic mass is 10.1. The van der Waals surface area contributed by atoms with Crippen molar-refractivity contribution in [3.8, 4) is 5.75 Å². The average molecular weight is 242 g/mol. The van der Waals surface area contributed by atoms with Crippen molar-refractivity contribution in [2.24, 2.45) is 0 Å². The van der Waals surface area contributed by atoms with E-state index in [2.05, 4.69) is 0 Å². The lowest BCUT2D eigenvalue weighted by Gasteiger charge is -2.08. The highest BCUT2D eigenvalue weighted by Gasteiger charge is 2.03. The Morgan fingerprint density at radius 3 is 2.53 bits per heavy atom. The van der Waals surface area contributed by atoms with Crippen molar-refractivity contribution in [1.29, 1.82) is 0 Å². The van der Waals surface area contributed by atoms with E-state index in [-0.39, 0.29) is 11.6 Å². The molecule has 0 N–H and O–H groups in total. The summed E-state index contributed by atoms with van der Waals surface area (Å²) in [4.78, 5) is 0. The summed E-state index contributed by atoms with van der Waals surface area (Å²) in [5.74, 6) is -0.0428. The summed E-state index contributed by atoms with van der Waals surface area (Å²) in [6.07, 6.45) is 0.817. The van der Waals surface area contributed by atoms with E-state index < -0.39 is 0 Å². The van der Waals surface area contributed by atoms with Gasteiger partial charge in [-0.15, -0.1) is 0 Å². The van der Waals surface area contributed by atoms with Gasteiger partial charge in [0.05, 0.1) is 19.8 Å². The molecule has 1 aromatic rings. The Morgan fingerprint density at radius 1 is 1.12 bits per heavy atom. The molecule has 4 heteroatoms. The van der Waals surface area contributed by atoms with Gasteiger partial charge < -0.3 is 14.2 Å². The minimum Gasteiger partial charge on any atom is -0.488 e. The standard InChI is InChI=1S/C13H19FO3/c1-3-11-4-5-13(12(14)10-11)17-9-8-16-7-6-15-2/h4-5,10H,3,6-9H2,1-2H3. The van der Waals surface area contributed by atoms with Crippen LogP contribution in [0.2, 0.25) is 0 Å². The Bertz CT molecular complexity index is 328. The van der Waals surface area contributed by atoms with E-state index in [4.69, 9.17) is 14.2 Å². The van der Waals surface area contributed by atoms with Crippen LogP contribution in [0.4, 0.5) is 4.39 Å². The van der Waals surface area contributed by atoms with Gasteiger partial charge in [-0.2, -0.15) is 0 Å². The smallest absolute Gasteiger partial charge is 0.165 e. The molecule has 0 aromatic heterocycles. The van der Waals surface area contributed by atoms with Gasteiger partial charge in [0.2, 0.25) is 0 Å². The first kappa shape index (κ1) is 13.9. The molecule has 0 unspecified atom stereocenters. The lowest BCUT2D eigenvalue weighted by Crippen LogP contribution is -2.10. The molecule has 0 aliphatic rings. The molecular formula is C13H19FO3. The molecule has 0 saturated heterocycles. The van der Waals surface area contributed by atoms with Gasteiger partial charge in [0.25, 0.3) is 0 Å². The van der Waals surface area contributed by atoms with E-state index in [1.807, 2.05) is 13.0 Å². The molecule has 1 rings (SSSR count). The molecular weight excluding hydrogens is 223 g/mol. The average Bonchev–Trinajstić information content (AvgIpc) is 2.35. The summed E-state index contributed by atoms with van der Waals surface area (Å²) in [5, 5.41) is 0. The van der Waals surface area contributed by atoms with E-state index in [0.29, 0.717) is 26.4 Å². The lowest BCUT2D eigenvalue weighted by molar-refractivity contribution is 0.0538. The molecule has 1 aromatic carbocycles. The second kappa shape index (κ2) is 8.03. The fraction of sp³-hybridized carbons (Fsp3) is 0.538. The minimum absolute atomic E-state index is 0.276. The number of hydrogen-bond donors (Lipinski definition) is 0. The topological polar surface area (TPSA) is 27.7 Å². The number of methoxy groups -OCH3 is 1. The maximum atomic E-state index is 13.5. The van der Waals surface area contributed by atoms with E-state index in [9.17, 15) is 4.39 Å². The molecule has 0 bridgehead atoms. The highest BCUT2D eigenvalue weighted by Crippen LogP contribution is 2.18. The summed E-state index contributed by atoms with van der Waals surface area (Å²) in [6.45, 7) is 3.83. The third-order valence-electron chi connectivity index (χ3n) is 2.32. The molecule has 17 heavy (non-hydrogen) atoms. The largest absolute Gasteiger partial charge is 0.488 e. The number of hydrogen-bond acceptors (Lipinski definition) is 3. The number of halogens is 1. The summed E-state index contributed by atoms with van der Waals surface area (Å²) >= 11 is 0. The molecule has 0 spiro atoms. The molecule has 3 nitrogen and oxygen atoms in total. The van der Waals surface area contributed by atoms with Crippen LogP contribution < -0.4 is 4.74 Å². The Kier molecular flexibility index (Phi) is 6.58. The van der Waals surface area contributed by atoms with Gasteiger partial charge >= 0.3 is 0 Å². The van der Waals surface area contributed by atoms with E-state index in [1.165, 1.54) is 6.07 Å². The predicted octanol–water partition coefficient (Wildman–Crippen LogP) is 2.43. The minimum atomic E-state index is -0.318. The second-order valence-corrected chi connectivity index (χ2v) is 3.57. The zero-order valence-corrected chi connectivity index (χ0v) is 10.4. The number of rotatable bonds is 8. The van der Waals surface area contributed by atoms with Crippen molar-refractivity contribution in [2.75, 3.05) is 33.5 Å². The van der Waals surface area contributed by atoms with Crippen molar-refractivity contribution in [2.45, 2.75) is 13.3 Å². The normalized spacial score (nSPS) is 10.5. The Balaban J connectivity index is 2.27. The van der Waals surface area contributed by atoms with Crippen LogP contribution >= 0.6 is 0 Å². The third kappa shape index (κ3) is 5.15. The summed E-state index contributed by atoms with van der Waals surface area (Å²) in [6, 6.07) is 5.02. The highest BCUT2D eigenvalue weighted by molar-refractivity contribution is 5.29. The zero-order valence-electron chi connectivity index (χ0n) is 10.4. The molecule has 0 saturated carbocycles. The molecule has 96 valence electrons. The van der Waals surface area contributed by atoms with Gasteiger partial charge in [-0.1, -0.05) is 13.0 Å². The van der Waals surface area contributed by atoms with Gasteiger partial charge in [0.15, 0.2) is 11.6 Å². The first-order valence-electron chi connectivity index (χ1n) is 5.75. The maximum Gasteiger partial charge on any atom is 0.165 e. The first-order valence-corrected chi connectivity index (χ1v) is 5.75. The van der Waals surface area contributed by atoms with Gasteiger partial charge in [0.1, 0.15) is 6.61 Å². The highest BCUT2D eigenvalue weighted by atomic mass is 19.1. The fourth-order valence-corrected chi connectivity index (χ4v) is 1.34. The van der Waals surface area contributed by atoms with Crippen LogP contribution in [0.1, 0.15) is 12.5 Å². The van der Waals surface area contributed by atoms with Crippen LogP contribution in [-0.2, 0) is 15.9 Å². The second-order valence-electron chi connectivity index (χ2n) is 3.57. The predicted molar refractivity (Wildman–Crippen MR) is 64.0 cm³/mol. The van der Waals surface area contributed by atoms with Crippen molar-refractivity contribution in [3.63, 3.8) is 0 Å². The Hall–Kier alpha value is -1.13. The summed E-state index contributed by atoms with van der Waals surface area (Å²) < 4.78 is 28.8. The van der Waals surface area contributed by atoms with Crippen LogP contribution in [-0.4, -0.2) is 33.5 Å². The molecule has 0 aliphatic carbocycles. The quantitative estimate of drug-likeness (QED) is 0.655. The van der Waals surface area contributed by atoms with Crippen LogP contribution in [0, 0.1) is 5.82 Å². The zero-order chi connectivity index (χ0) is 12.5. The van der Waals surface area contributed by atoms with E-state index in [1.54, 1.807) is 13.2 Å². The molecule has 0 amide bonds. The maximum absolute atomic E-state index is 13.5. The van der Waals surface area contributed by atoms with Crippen LogP contribution in [0.15, 0.2) is 18.2 Å². The fourth-order valence-electron chi connectivity index (χ4n) is 1.34. The van der Waals surface area contributed by atoms with Gasteiger partial charge in [-0.05, 0) is 24.1 Å². The van der Waals surface area contributed by atoms with Gasteiger partial charge in [0, 0.05) is 7.11 Å². The molecule has 0 aliphatic heterocycles. The molecule has 0 atom stereocenters. The number of benzene rings is 1. The summed E-state index contributed by atoms with van der Waals surface area (Å²) in [7, 11) is 1.62. The van der Waals surface area contributed by atoms with Gasteiger partial charge in [-0.25, -0.2) is 4.39 Å². The number of aryl methyl sites for hydroxylation is 1. The first-order chi connectivity index (χ1) is 8.27. The summed E-state index contributed by atoms with van der Waals surface area (Å²) in [5.41, 5.74) is 0.964. The molecule has 0 fully saturated rings. The monoisotopic (exact) mass is 242 g/mol. The van der Waals surface area contributed by atoms with Crippen molar-refractivity contribution in [3.05, 3.63) is 29.6 Å². The molecule has 0 radical (unpaired) electrons. The number of ether oxygens (including phenoxy) is 3. The third-order valence-corrected chi connectivity index (χ3v) is 2.32. The van der Waals surface area contributed by atoms with Crippen LogP contribution in [0.3, 0.4) is 0 Å². The SMILES string of the molecule is CCc1ccc(OCCOCCOC)c(F)c1. The van der Waals surface area contributed by atoms with Crippen LogP contribution in [0.5, 0.6) is 5.75 Å². The van der Waals surface area contributed by atoms with Crippen molar-refractivity contribution in [1.82, 2.24) is 0 Å². The Labute approximate surface area is 101 Å². The van der Waals surface area contributed by atoms with Gasteiger partial charge in [-0.3, -0.25) is 0 Å².